The van der Waals surface area contributed by atoms with E-state index in [1.165, 1.54) is 23.5 Å². The van der Waals surface area contributed by atoms with Gasteiger partial charge in [0.2, 0.25) is 5.91 Å². The van der Waals surface area contributed by atoms with Gasteiger partial charge in [-0.15, -0.1) is 11.3 Å². The molecule has 1 spiro atoms. The van der Waals surface area contributed by atoms with E-state index in [-0.39, 0.29) is 5.82 Å². The number of nitrogens with one attached hydrogen (secondary N) is 2. The molecular weight excluding hydrogens is 441 g/mol. The second-order valence-electron chi connectivity index (χ2n) is 8.30. The second kappa shape index (κ2) is 8.44. The fraction of sp³-hybridized carbons (Fsp3) is 0.240. The van der Waals surface area contributed by atoms with Crippen LogP contribution >= 0.6 is 11.3 Å². The Balaban J connectivity index is 1.37. The standard InChI is InChI=1S/C25H22FN3O3S/c26-18-11-9-17(10-12-18)22(20-8-4-14-33-20)27-21(30)15-29-23(31)25(28-24(29)32)13-3-6-16-5-1-2-7-19(16)25/h1-2,4-5,7-12,14,22H,3,6,13,15H2,(H,27,30)(H,28,32)/t22-,25-/m1/s1. The summed E-state index contributed by atoms with van der Waals surface area (Å²) >= 11 is 1.46. The summed E-state index contributed by atoms with van der Waals surface area (Å²) in [4.78, 5) is 41.1. The molecule has 1 fully saturated rings. The topological polar surface area (TPSA) is 78.5 Å². The zero-order chi connectivity index (χ0) is 23.0. The normalized spacial score (nSPS) is 20.5. The Bertz CT molecular complexity index is 1210. The number of carbonyl (C=O) groups excluding carboxylic acids is 3. The summed E-state index contributed by atoms with van der Waals surface area (Å²) in [5.74, 6) is -1.24. The summed E-state index contributed by atoms with van der Waals surface area (Å²) in [7, 11) is 0. The van der Waals surface area contributed by atoms with Gasteiger partial charge in [0.15, 0.2) is 0 Å². The van der Waals surface area contributed by atoms with E-state index in [1.807, 2.05) is 41.8 Å². The number of benzene rings is 2. The van der Waals surface area contributed by atoms with Gasteiger partial charge in [-0.3, -0.25) is 14.5 Å². The van der Waals surface area contributed by atoms with E-state index in [2.05, 4.69) is 10.6 Å². The van der Waals surface area contributed by atoms with Gasteiger partial charge in [0.1, 0.15) is 17.9 Å². The van der Waals surface area contributed by atoms with Gasteiger partial charge in [-0.1, -0.05) is 42.5 Å². The minimum Gasteiger partial charge on any atom is -0.343 e. The molecule has 0 radical (unpaired) electrons. The van der Waals surface area contributed by atoms with Crippen LogP contribution in [0.2, 0.25) is 0 Å². The molecule has 1 aliphatic carbocycles. The number of fused-ring (bicyclic) bond motifs is 2. The molecule has 2 N–H and O–H groups in total. The van der Waals surface area contributed by atoms with Crippen LogP contribution in [0.15, 0.2) is 66.0 Å². The van der Waals surface area contributed by atoms with Crippen molar-refractivity contribution in [2.24, 2.45) is 0 Å². The van der Waals surface area contributed by atoms with Gasteiger partial charge in [-0.25, -0.2) is 9.18 Å². The molecule has 8 heteroatoms. The molecule has 33 heavy (non-hydrogen) atoms. The first-order chi connectivity index (χ1) is 16.0. The molecule has 6 nitrogen and oxygen atoms in total. The van der Waals surface area contributed by atoms with Crippen LogP contribution in [0.5, 0.6) is 0 Å². The molecule has 168 valence electrons. The maximum Gasteiger partial charge on any atom is 0.325 e. The van der Waals surface area contributed by atoms with Crippen LogP contribution in [0, 0.1) is 5.82 Å². The lowest BCUT2D eigenvalue weighted by atomic mass is 9.76. The van der Waals surface area contributed by atoms with Gasteiger partial charge in [0.25, 0.3) is 5.91 Å². The van der Waals surface area contributed by atoms with Crippen molar-refractivity contribution < 1.29 is 18.8 Å². The second-order valence-corrected chi connectivity index (χ2v) is 9.28. The van der Waals surface area contributed by atoms with Crippen molar-refractivity contribution in [3.8, 4) is 0 Å². The number of thiophene rings is 1. The van der Waals surface area contributed by atoms with Crippen LogP contribution in [-0.4, -0.2) is 29.3 Å². The molecule has 2 atom stereocenters. The number of rotatable bonds is 5. The molecule has 5 rings (SSSR count). The number of aryl methyl sites for hydroxylation is 1. The van der Waals surface area contributed by atoms with Gasteiger partial charge in [0, 0.05) is 4.88 Å². The Hall–Kier alpha value is -3.52. The van der Waals surface area contributed by atoms with E-state index in [4.69, 9.17) is 0 Å². The van der Waals surface area contributed by atoms with Crippen molar-refractivity contribution in [2.75, 3.05) is 6.54 Å². The Kier molecular flexibility index (Phi) is 5.46. The lowest BCUT2D eigenvalue weighted by molar-refractivity contribution is -0.135. The SMILES string of the molecule is O=C(CN1C(=O)N[C@@]2(CCCc3ccccc32)C1=O)N[C@H](c1ccc(F)cc1)c1cccs1. The third kappa shape index (κ3) is 3.80. The minimum atomic E-state index is -1.11. The summed E-state index contributed by atoms with van der Waals surface area (Å²) < 4.78 is 13.4. The van der Waals surface area contributed by atoms with Crippen LogP contribution in [0.1, 0.15) is 40.5 Å². The first-order valence-electron chi connectivity index (χ1n) is 10.8. The van der Waals surface area contributed by atoms with Crippen molar-refractivity contribution in [3.05, 3.63) is 93.4 Å². The predicted molar refractivity (Wildman–Crippen MR) is 122 cm³/mol. The Labute approximate surface area is 194 Å². The van der Waals surface area contributed by atoms with Gasteiger partial charge >= 0.3 is 6.03 Å². The highest BCUT2D eigenvalue weighted by Gasteiger charge is 2.54. The molecule has 2 aromatic carbocycles. The average molecular weight is 464 g/mol. The van der Waals surface area contributed by atoms with Crippen LogP contribution in [0.25, 0.3) is 0 Å². The van der Waals surface area contributed by atoms with E-state index < -0.39 is 36.0 Å². The molecule has 0 unspecified atom stereocenters. The quantitative estimate of drug-likeness (QED) is 0.564. The first kappa shape index (κ1) is 21.3. The van der Waals surface area contributed by atoms with E-state index >= 15 is 0 Å². The molecule has 2 heterocycles. The molecule has 0 bridgehead atoms. The van der Waals surface area contributed by atoms with Gasteiger partial charge in [0.05, 0.1) is 6.04 Å². The van der Waals surface area contributed by atoms with Crippen molar-refractivity contribution in [1.82, 2.24) is 15.5 Å². The van der Waals surface area contributed by atoms with Crippen molar-refractivity contribution in [3.63, 3.8) is 0 Å². The number of halogens is 1. The molecule has 3 aromatic rings. The van der Waals surface area contributed by atoms with Gasteiger partial charge in [-0.2, -0.15) is 0 Å². The number of carbonyl (C=O) groups is 3. The summed E-state index contributed by atoms with van der Waals surface area (Å²) in [6, 6.07) is 16.2. The number of hydrogen-bond acceptors (Lipinski definition) is 4. The number of imide groups is 1. The fourth-order valence-corrected chi connectivity index (χ4v) is 5.54. The Morgan fingerprint density at radius 2 is 1.91 bits per heavy atom. The zero-order valence-corrected chi connectivity index (χ0v) is 18.5. The smallest absolute Gasteiger partial charge is 0.325 e. The van der Waals surface area contributed by atoms with Crippen LogP contribution in [0.3, 0.4) is 0 Å². The Morgan fingerprint density at radius 1 is 1.12 bits per heavy atom. The van der Waals surface area contributed by atoms with E-state index in [9.17, 15) is 18.8 Å². The monoisotopic (exact) mass is 463 g/mol. The molecular formula is C25H22FN3O3S. The lowest BCUT2D eigenvalue weighted by Gasteiger charge is -2.33. The zero-order valence-electron chi connectivity index (χ0n) is 17.7. The molecule has 0 saturated carbocycles. The van der Waals surface area contributed by atoms with Crippen LogP contribution in [0.4, 0.5) is 9.18 Å². The van der Waals surface area contributed by atoms with Crippen molar-refractivity contribution in [2.45, 2.75) is 30.8 Å². The highest BCUT2D eigenvalue weighted by molar-refractivity contribution is 7.10. The van der Waals surface area contributed by atoms with Crippen LogP contribution in [-0.2, 0) is 21.5 Å². The Morgan fingerprint density at radius 3 is 2.67 bits per heavy atom. The molecule has 1 aliphatic heterocycles. The van der Waals surface area contributed by atoms with E-state index in [1.54, 1.807) is 12.1 Å². The number of amides is 4. The van der Waals surface area contributed by atoms with Gasteiger partial charge in [-0.05, 0) is 59.5 Å². The maximum atomic E-state index is 13.4. The number of hydrogen-bond donors (Lipinski definition) is 2. The average Bonchev–Trinajstić information content (AvgIpc) is 3.43. The molecule has 1 aromatic heterocycles. The van der Waals surface area contributed by atoms with Crippen molar-refractivity contribution >= 4 is 29.2 Å². The molecule has 2 aliphatic rings. The third-order valence-corrected chi connectivity index (χ3v) is 7.23. The summed E-state index contributed by atoms with van der Waals surface area (Å²) in [5, 5.41) is 7.66. The van der Waals surface area contributed by atoms with Gasteiger partial charge < -0.3 is 10.6 Å². The molecule has 4 amide bonds. The maximum absolute atomic E-state index is 13.4. The highest BCUT2D eigenvalue weighted by atomic mass is 32.1. The third-order valence-electron chi connectivity index (χ3n) is 6.29. The predicted octanol–water partition coefficient (Wildman–Crippen LogP) is 3.88. The largest absolute Gasteiger partial charge is 0.343 e. The van der Waals surface area contributed by atoms with E-state index in [0.717, 1.165) is 33.7 Å². The van der Waals surface area contributed by atoms with Crippen LogP contribution < -0.4 is 10.6 Å². The lowest BCUT2D eigenvalue weighted by Crippen LogP contribution is -2.47. The number of nitrogens with zero attached hydrogens (tertiary/aromatic N) is 1. The minimum absolute atomic E-state index is 0.368. The number of urea groups is 1. The highest BCUT2D eigenvalue weighted by Crippen LogP contribution is 2.39. The van der Waals surface area contributed by atoms with E-state index in [0.29, 0.717) is 12.0 Å². The van der Waals surface area contributed by atoms with Crippen molar-refractivity contribution in [1.29, 1.82) is 0 Å². The summed E-state index contributed by atoms with van der Waals surface area (Å²) in [6.07, 6.45) is 2.12. The fourth-order valence-electron chi connectivity index (χ4n) is 4.73. The summed E-state index contributed by atoms with van der Waals surface area (Å²) in [5.41, 5.74) is 1.44. The molecule has 1 saturated heterocycles. The first-order valence-corrected chi connectivity index (χ1v) is 11.7. The summed E-state index contributed by atoms with van der Waals surface area (Å²) in [6.45, 7) is -0.391.